The van der Waals surface area contributed by atoms with Crippen LogP contribution in [0.1, 0.15) is 54.9 Å². The Morgan fingerprint density at radius 2 is 1.95 bits per heavy atom. The average molecular weight is 274 g/mol. The molecule has 0 saturated heterocycles. The molecule has 0 heterocycles. The van der Waals surface area contributed by atoms with Crippen molar-refractivity contribution in [2.24, 2.45) is 11.8 Å². The molecule has 20 heavy (non-hydrogen) atoms. The molecular formula is C17H26N2O. The number of carbonyl (C=O) groups is 1. The summed E-state index contributed by atoms with van der Waals surface area (Å²) < 4.78 is 0. The van der Waals surface area contributed by atoms with Gasteiger partial charge in [0, 0.05) is 17.8 Å². The number of nitrogen functional groups attached to an aromatic ring is 1. The predicted octanol–water partition coefficient (Wildman–Crippen LogP) is 3.52. The first kappa shape index (κ1) is 14.9. The molecule has 0 aliphatic heterocycles. The largest absolute Gasteiger partial charge is 0.399 e. The Kier molecular flexibility index (Phi) is 5.05. The summed E-state index contributed by atoms with van der Waals surface area (Å²) >= 11 is 0. The number of benzene rings is 1. The van der Waals surface area contributed by atoms with Gasteiger partial charge in [0.05, 0.1) is 0 Å². The van der Waals surface area contributed by atoms with E-state index < -0.39 is 0 Å². The highest BCUT2D eigenvalue weighted by molar-refractivity contribution is 5.95. The van der Waals surface area contributed by atoms with Crippen molar-refractivity contribution in [3.63, 3.8) is 0 Å². The average Bonchev–Trinajstić information content (AvgIpc) is 2.40. The van der Waals surface area contributed by atoms with Gasteiger partial charge in [-0.2, -0.15) is 0 Å². The molecule has 1 saturated carbocycles. The van der Waals surface area contributed by atoms with Crippen LogP contribution in [0.15, 0.2) is 18.2 Å². The van der Waals surface area contributed by atoms with Crippen LogP contribution in [0.5, 0.6) is 0 Å². The van der Waals surface area contributed by atoms with Crippen LogP contribution >= 0.6 is 0 Å². The number of nitrogens with two attached hydrogens (primary N) is 1. The third kappa shape index (κ3) is 4.26. The summed E-state index contributed by atoms with van der Waals surface area (Å²) in [4.78, 5) is 12.1. The van der Waals surface area contributed by atoms with Gasteiger partial charge in [0.1, 0.15) is 0 Å². The Labute approximate surface area is 121 Å². The van der Waals surface area contributed by atoms with Crippen LogP contribution in [0.3, 0.4) is 0 Å². The minimum atomic E-state index is -0.00965. The lowest BCUT2D eigenvalue weighted by Gasteiger charge is -2.26. The van der Waals surface area contributed by atoms with Gasteiger partial charge in [0.2, 0.25) is 0 Å². The Hall–Kier alpha value is -1.51. The second-order valence-electron chi connectivity index (χ2n) is 6.30. The van der Waals surface area contributed by atoms with E-state index in [1.165, 1.54) is 25.7 Å². The molecule has 1 aromatic carbocycles. The number of anilines is 1. The van der Waals surface area contributed by atoms with Gasteiger partial charge >= 0.3 is 0 Å². The Morgan fingerprint density at radius 3 is 2.60 bits per heavy atom. The zero-order valence-corrected chi connectivity index (χ0v) is 12.6. The number of carbonyl (C=O) groups excluding carboxylic acids is 1. The maximum atomic E-state index is 12.1. The molecule has 0 bridgehead atoms. The van der Waals surface area contributed by atoms with Gasteiger partial charge in [-0.3, -0.25) is 4.79 Å². The van der Waals surface area contributed by atoms with Gasteiger partial charge in [0.15, 0.2) is 0 Å². The van der Waals surface area contributed by atoms with Gasteiger partial charge < -0.3 is 11.1 Å². The van der Waals surface area contributed by atoms with E-state index in [0.29, 0.717) is 11.3 Å². The highest BCUT2D eigenvalue weighted by Gasteiger charge is 2.18. The highest BCUT2D eigenvalue weighted by atomic mass is 16.1. The van der Waals surface area contributed by atoms with Crippen LogP contribution in [-0.2, 0) is 0 Å². The van der Waals surface area contributed by atoms with E-state index >= 15 is 0 Å². The molecule has 3 heteroatoms. The standard InChI is InChI=1S/C17H26N2O/c1-12-3-5-14(6-4-12)7-8-19-17(20)15-9-13(2)10-16(18)11-15/h9-12,14H,3-8,18H2,1-2H3,(H,19,20). The van der Waals surface area contributed by atoms with E-state index in [9.17, 15) is 4.79 Å². The summed E-state index contributed by atoms with van der Waals surface area (Å²) in [6.07, 6.45) is 6.41. The number of nitrogens with one attached hydrogen (secondary N) is 1. The molecule has 0 aromatic heterocycles. The van der Waals surface area contributed by atoms with Crippen LogP contribution in [-0.4, -0.2) is 12.5 Å². The first-order chi connectivity index (χ1) is 9.54. The summed E-state index contributed by atoms with van der Waals surface area (Å²) in [5.41, 5.74) is 8.12. The van der Waals surface area contributed by atoms with E-state index in [0.717, 1.165) is 30.4 Å². The Balaban J connectivity index is 1.77. The van der Waals surface area contributed by atoms with Crippen molar-refractivity contribution in [2.45, 2.75) is 46.0 Å². The van der Waals surface area contributed by atoms with Crippen molar-refractivity contribution >= 4 is 11.6 Å². The smallest absolute Gasteiger partial charge is 0.251 e. The molecule has 3 N–H and O–H groups in total. The minimum absolute atomic E-state index is 0.00965. The number of amides is 1. The van der Waals surface area contributed by atoms with E-state index in [1.807, 2.05) is 19.1 Å². The van der Waals surface area contributed by atoms with Crippen molar-refractivity contribution in [1.82, 2.24) is 5.32 Å². The number of hydrogen-bond donors (Lipinski definition) is 2. The molecule has 1 aromatic rings. The first-order valence-electron chi connectivity index (χ1n) is 7.70. The van der Waals surface area contributed by atoms with Crippen LogP contribution in [0.25, 0.3) is 0 Å². The molecule has 1 fully saturated rings. The second kappa shape index (κ2) is 6.78. The van der Waals surface area contributed by atoms with E-state index in [-0.39, 0.29) is 5.91 Å². The lowest BCUT2D eigenvalue weighted by atomic mass is 9.81. The lowest BCUT2D eigenvalue weighted by Crippen LogP contribution is -2.27. The SMILES string of the molecule is Cc1cc(N)cc(C(=O)NCCC2CCC(C)CC2)c1. The topological polar surface area (TPSA) is 55.1 Å². The predicted molar refractivity (Wildman–Crippen MR) is 83.7 cm³/mol. The normalized spacial score (nSPS) is 22.5. The van der Waals surface area contributed by atoms with Crippen LogP contribution in [0, 0.1) is 18.8 Å². The third-order valence-electron chi connectivity index (χ3n) is 4.34. The summed E-state index contributed by atoms with van der Waals surface area (Å²) in [7, 11) is 0. The molecule has 1 amide bonds. The fraction of sp³-hybridized carbons (Fsp3) is 0.588. The Bertz CT molecular complexity index is 442. The van der Waals surface area contributed by atoms with Gasteiger partial charge in [-0.25, -0.2) is 0 Å². The van der Waals surface area contributed by atoms with Crippen LogP contribution in [0.2, 0.25) is 0 Å². The van der Waals surface area contributed by atoms with Crippen molar-refractivity contribution in [2.75, 3.05) is 12.3 Å². The molecule has 0 unspecified atom stereocenters. The zero-order valence-electron chi connectivity index (χ0n) is 12.6. The summed E-state index contributed by atoms with van der Waals surface area (Å²) in [6, 6.07) is 5.50. The van der Waals surface area contributed by atoms with Crippen LogP contribution in [0.4, 0.5) is 5.69 Å². The van der Waals surface area contributed by atoms with E-state index in [1.54, 1.807) is 6.07 Å². The minimum Gasteiger partial charge on any atom is -0.399 e. The van der Waals surface area contributed by atoms with Gasteiger partial charge in [0.25, 0.3) is 5.91 Å². The van der Waals surface area contributed by atoms with E-state index in [2.05, 4.69) is 12.2 Å². The molecule has 1 aliphatic carbocycles. The third-order valence-corrected chi connectivity index (χ3v) is 4.34. The molecular weight excluding hydrogens is 248 g/mol. The maximum absolute atomic E-state index is 12.1. The molecule has 110 valence electrons. The van der Waals surface area contributed by atoms with Gasteiger partial charge in [-0.15, -0.1) is 0 Å². The monoisotopic (exact) mass is 274 g/mol. The maximum Gasteiger partial charge on any atom is 0.251 e. The highest BCUT2D eigenvalue weighted by Crippen LogP contribution is 2.29. The summed E-state index contributed by atoms with van der Waals surface area (Å²) in [6.45, 7) is 5.06. The number of aryl methyl sites for hydroxylation is 1. The summed E-state index contributed by atoms with van der Waals surface area (Å²) in [5, 5.41) is 3.02. The molecule has 0 atom stereocenters. The molecule has 0 radical (unpaired) electrons. The number of hydrogen-bond acceptors (Lipinski definition) is 2. The first-order valence-corrected chi connectivity index (χ1v) is 7.70. The Morgan fingerprint density at radius 1 is 1.25 bits per heavy atom. The number of rotatable bonds is 4. The fourth-order valence-electron chi connectivity index (χ4n) is 3.05. The second-order valence-corrected chi connectivity index (χ2v) is 6.30. The van der Waals surface area contributed by atoms with Crippen molar-refractivity contribution in [3.05, 3.63) is 29.3 Å². The zero-order chi connectivity index (χ0) is 14.5. The summed E-state index contributed by atoms with van der Waals surface area (Å²) in [5.74, 6) is 1.66. The van der Waals surface area contributed by atoms with E-state index in [4.69, 9.17) is 5.73 Å². The van der Waals surface area contributed by atoms with Gasteiger partial charge in [-0.1, -0.05) is 32.6 Å². The van der Waals surface area contributed by atoms with Crippen LogP contribution < -0.4 is 11.1 Å². The fourth-order valence-corrected chi connectivity index (χ4v) is 3.05. The quantitative estimate of drug-likeness (QED) is 0.825. The molecule has 1 aliphatic rings. The van der Waals surface area contributed by atoms with Crippen molar-refractivity contribution in [1.29, 1.82) is 0 Å². The molecule has 3 nitrogen and oxygen atoms in total. The van der Waals surface area contributed by atoms with Gasteiger partial charge in [-0.05, 0) is 48.9 Å². The van der Waals surface area contributed by atoms with Crippen molar-refractivity contribution in [3.8, 4) is 0 Å². The molecule has 0 spiro atoms. The lowest BCUT2D eigenvalue weighted by molar-refractivity contribution is 0.0949. The molecule has 2 rings (SSSR count). The van der Waals surface area contributed by atoms with Crippen molar-refractivity contribution < 1.29 is 4.79 Å².